The van der Waals surface area contributed by atoms with Crippen LogP contribution in [0.15, 0.2) is 0 Å². The summed E-state index contributed by atoms with van der Waals surface area (Å²) in [6.07, 6.45) is 4.73. The highest BCUT2D eigenvalue weighted by molar-refractivity contribution is 5.36. The molecular weight excluding hydrogens is 270 g/mol. The third-order valence-electron chi connectivity index (χ3n) is 3.52. The van der Waals surface area contributed by atoms with Gasteiger partial charge < -0.3 is 20.5 Å². The predicted molar refractivity (Wildman–Crippen MR) is 81.7 cm³/mol. The lowest BCUT2D eigenvalue weighted by Crippen LogP contribution is -2.33. The minimum atomic E-state index is -0.359. The van der Waals surface area contributed by atoms with E-state index in [4.69, 9.17) is 4.74 Å². The maximum atomic E-state index is 10.2. The standard InChI is InChI=1S/C14H25N5O2/c1-3-15-12-17-13(19-14(18-12)21-4-2)16-10-8-6-5-7-9-11(10)20/h10-11,20H,3-9H2,1-2H3,(H2,15,16,17,18,19). The minimum absolute atomic E-state index is 0.0150. The number of ether oxygens (including phenoxy) is 1. The zero-order valence-corrected chi connectivity index (χ0v) is 12.8. The summed E-state index contributed by atoms with van der Waals surface area (Å²) in [6, 6.07) is 0.285. The number of aliphatic hydroxyl groups excluding tert-OH is 1. The molecule has 1 saturated carbocycles. The summed E-state index contributed by atoms with van der Waals surface area (Å²) >= 11 is 0. The number of nitrogens with one attached hydrogen (secondary N) is 2. The molecule has 1 aromatic heterocycles. The lowest BCUT2D eigenvalue weighted by atomic mass is 10.1. The summed E-state index contributed by atoms with van der Waals surface area (Å²) in [5.74, 6) is 0.942. The van der Waals surface area contributed by atoms with Crippen LogP contribution in [-0.2, 0) is 0 Å². The van der Waals surface area contributed by atoms with Crippen molar-refractivity contribution in [3.05, 3.63) is 0 Å². The summed E-state index contributed by atoms with van der Waals surface area (Å²) < 4.78 is 5.37. The van der Waals surface area contributed by atoms with Crippen molar-refractivity contribution in [3.8, 4) is 6.01 Å². The van der Waals surface area contributed by atoms with Gasteiger partial charge in [0.2, 0.25) is 11.9 Å². The van der Waals surface area contributed by atoms with Crippen molar-refractivity contribution < 1.29 is 9.84 Å². The predicted octanol–water partition coefficient (Wildman–Crippen LogP) is 1.81. The molecule has 1 aliphatic rings. The van der Waals surface area contributed by atoms with Gasteiger partial charge in [0, 0.05) is 6.54 Å². The molecule has 0 aromatic carbocycles. The van der Waals surface area contributed by atoms with Crippen molar-refractivity contribution in [3.63, 3.8) is 0 Å². The molecule has 2 atom stereocenters. The summed E-state index contributed by atoms with van der Waals surface area (Å²) in [7, 11) is 0. The topological polar surface area (TPSA) is 92.2 Å². The smallest absolute Gasteiger partial charge is 0.323 e. The highest BCUT2D eigenvalue weighted by atomic mass is 16.5. The van der Waals surface area contributed by atoms with Gasteiger partial charge >= 0.3 is 6.01 Å². The van der Waals surface area contributed by atoms with Gasteiger partial charge in [0.25, 0.3) is 0 Å². The molecule has 2 rings (SSSR count). The van der Waals surface area contributed by atoms with E-state index in [0.717, 1.165) is 32.2 Å². The van der Waals surface area contributed by atoms with Gasteiger partial charge in [0.05, 0.1) is 18.8 Å². The number of hydrogen-bond donors (Lipinski definition) is 3. The van der Waals surface area contributed by atoms with Crippen LogP contribution in [0.1, 0.15) is 46.0 Å². The molecule has 7 nitrogen and oxygen atoms in total. The Bertz CT molecular complexity index is 419. The molecule has 1 aliphatic carbocycles. The van der Waals surface area contributed by atoms with Crippen LogP contribution in [0.4, 0.5) is 11.9 Å². The third-order valence-corrected chi connectivity index (χ3v) is 3.52. The first-order valence-electron chi connectivity index (χ1n) is 7.80. The van der Waals surface area contributed by atoms with Crippen molar-refractivity contribution in [2.75, 3.05) is 23.8 Å². The molecular formula is C14H25N5O2. The number of anilines is 2. The monoisotopic (exact) mass is 295 g/mol. The zero-order chi connectivity index (χ0) is 15.1. The largest absolute Gasteiger partial charge is 0.464 e. The fourth-order valence-electron chi connectivity index (χ4n) is 2.47. The Morgan fingerprint density at radius 3 is 2.62 bits per heavy atom. The molecule has 21 heavy (non-hydrogen) atoms. The second-order valence-electron chi connectivity index (χ2n) is 5.18. The van der Waals surface area contributed by atoms with E-state index in [9.17, 15) is 5.11 Å². The number of hydrogen-bond acceptors (Lipinski definition) is 7. The Hall–Kier alpha value is -1.63. The van der Waals surface area contributed by atoms with Crippen LogP contribution in [0.3, 0.4) is 0 Å². The molecule has 0 saturated heterocycles. The Kier molecular flexibility index (Phi) is 5.98. The number of rotatable bonds is 6. The van der Waals surface area contributed by atoms with Crippen molar-refractivity contribution in [2.45, 2.75) is 58.1 Å². The van der Waals surface area contributed by atoms with Crippen molar-refractivity contribution in [2.24, 2.45) is 0 Å². The van der Waals surface area contributed by atoms with Gasteiger partial charge in [0.15, 0.2) is 0 Å². The summed E-state index contributed by atoms with van der Waals surface area (Å²) in [5, 5.41) is 16.5. The molecule has 1 heterocycles. The van der Waals surface area contributed by atoms with E-state index in [2.05, 4.69) is 25.6 Å². The van der Waals surface area contributed by atoms with Gasteiger partial charge in [-0.15, -0.1) is 0 Å². The van der Waals surface area contributed by atoms with Gasteiger partial charge in [-0.2, -0.15) is 15.0 Å². The molecule has 3 N–H and O–H groups in total. The van der Waals surface area contributed by atoms with E-state index < -0.39 is 0 Å². The van der Waals surface area contributed by atoms with E-state index in [-0.39, 0.29) is 12.1 Å². The molecule has 0 radical (unpaired) electrons. The average Bonchev–Trinajstić information content (AvgIpc) is 2.65. The first kappa shape index (κ1) is 15.8. The van der Waals surface area contributed by atoms with Gasteiger partial charge in [-0.1, -0.05) is 19.3 Å². The van der Waals surface area contributed by atoms with E-state index >= 15 is 0 Å². The van der Waals surface area contributed by atoms with E-state index in [0.29, 0.717) is 24.5 Å². The van der Waals surface area contributed by atoms with Crippen LogP contribution in [0.2, 0.25) is 0 Å². The molecule has 118 valence electrons. The van der Waals surface area contributed by atoms with Crippen molar-refractivity contribution in [1.29, 1.82) is 0 Å². The SMILES string of the molecule is CCNc1nc(NC2CCCCCC2O)nc(OCC)n1. The summed E-state index contributed by atoms with van der Waals surface area (Å²) in [5.41, 5.74) is 0. The first-order chi connectivity index (χ1) is 10.2. The molecule has 2 unspecified atom stereocenters. The lowest BCUT2D eigenvalue weighted by Gasteiger charge is -2.22. The Labute approximate surface area is 125 Å². The van der Waals surface area contributed by atoms with Gasteiger partial charge in [-0.25, -0.2) is 0 Å². The molecule has 0 bridgehead atoms. The second-order valence-corrected chi connectivity index (χ2v) is 5.18. The zero-order valence-electron chi connectivity index (χ0n) is 12.8. The number of nitrogens with zero attached hydrogens (tertiary/aromatic N) is 3. The van der Waals surface area contributed by atoms with Crippen LogP contribution >= 0.6 is 0 Å². The van der Waals surface area contributed by atoms with Crippen LogP contribution in [0, 0.1) is 0 Å². The van der Waals surface area contributed by atoms with Crippen LogP contribution in [0.5, 0.6) is 6.01 Å². The Morgan fingerprint density at radius 2 is 1.86 bits per heavy atom. The maximum Gasteiger partial charge on any atom is 0.323 e. The number of aromatic nitrogens is 3. The minimum Gasteiger partial charge on any atom is -0.464 e. The van der Waals surface area contributed by atoms with E-state index in [1.165, 1.54) is 6.42 Å². The first-order valence-corrected chi connectivity index (χ1v) is 7.80. The van der Waals surface area contributed by atoms with Gasteiger partial charge in [-0.3, -0.25) is 0 Å². The quantitative estimate of drug-likeness (QED) is 0.689. The van der Waals surface area contributed by atoms with Gasteiger partial charge in [0.1, 0.15) is 0 Å². The van der Waals surface area contributed by atoms with Crippen LogP contribution < -0.4 is 15.4 Å². The maximum absolute atomic E-state index is 10.2. The highest BCUT2D eigenvalue weighted by Crippen LogP contribution is 2.21. The van der Waals surface area contributed by atoms with E-state index in [1.807, 2.05) is 13.8 Å². The van der Waals surface area contributed by atoms with Crippen molar-refractivity contribution in [1.82, 2.24) is 15.0 Å². The van der Waals surface area contributed by atoms with Crippen molar-refractivity contribution >= 4 is 11.9 Å². The molecule has 0 aliphatic heterocycles. The highest BCUT2D eigenvalue weighted by Gasteiger charge is 2.22. The summed E-state index contributed by atoms with van der Waals surface area (Å²) in [4.78, 5) is 12.8. The molecule has 7 heteroatoms. The normalized spacial score (nSPS) is 22.4. The fraction of sp³-hybridized carbons (Fsp3) is 0.786. The molecule has 0 amide bonds. The second kappa shape index (κ2) is 7.97. The fourth-order valence-corrected chi connectivity index (χ4v) is 2.47. The van der Waals surface area contributed by atoms with Gasteiger partial charge in [-0.05, 0) is 26.7 Å². The third kappa shape index (κ3) is 4.70. The Morgan fingerprint density at radius 1 is 1.10 bits per heavy atom. The molecule has 1 aromatic rings. The molecule has 0 spiro atoms. The molecule has 1 fully saturated rings. The summed E-state index contributed by atoms with van der Waals surface area (Å²) in [6.45, 7) is 5.09. The average molecular weight is 295 g/mol. The Balaban J connectivity index is 2.12. The van der Waals surface area contributed by atoms with Crippen LogP contribution in [0.25, 0.3) is 0 Å². The van der Waals surface area contributed by atoms with Crippen LogP contribution in [-0.4, -0.2) is 45.4 Å². The van der Waals surface area contributed by atoms with E-state index in [1.54, 1.807) is 0 Å². The number of aliphatic hydroxyl groups is 1. The lowest BCUT2D eigenvalue weighted by molar-refractivity contribution is 0.144.